The molecule has 4 rings (SSSR count). The number of methoxy groups -OCH3 is 1. The maximum Gasteiger partial charge on any atom is 0.262 e. The molecular formula is C19H20N2O2S. The number of fused-ring (bicyclic) bond motifs is 3. The van der Waals surface area contributed by atoms with Gasteiger partial charge >= 0.3 is 0 Å². The molecule has 5 heteroatoms. The van der Waals surface area contributed by atoms with E-state index in [1.165, 1.54) is 10.4 Å². The zero-order valence-electron chi connectivity index (χ0n) is 13.9. The van der Waals surface area contributed by atoms with Crippen LogP contribution in [0.3, 0.4) is 0 Å². The van der Waals surface area contributed by atoms with E-state index in [9.17, 15) is 4.79 Å². The molecule has 1 atom stereocenters. The van der Waals surface area contributed by atoms with Crippen LogP contribution in [0.2, 0.25) is 0 Å². The lowest BCUT2D eigenvalue weighted by Crippen LogP contribution is -2.22. The number of thiophene rings is 1. The smallest absolute Gasteiger partial charge is 0.262 e. The Morgan fingerprint density at radius 2 is 2.29 bits per heavy atom. The minimum absolute atomic E-state index is 0.0786. The summed E-state index contributed by atoms with van der Waals surface area (Å²) in [6.45, 7) is 2.79. The van der Waals surface area contributed by atoms with Gasteiger partial charge in [-0.25, -0.2) is 4.98 Å². The zero-order chi connectivity index (χ0) is 16.7. The Morgan fingerprint density at radius 1 is 1.42 bits per heavy atom. The summed E-state index contributed by atoms with van der Waals surface area (Å²) in [6, 6.07) is 7.81. The van der Waals surface area contributed by atoms with E-state index in [1.54, 1.807) is 29.3 Å². The predicted octanol–water partition coefficient (Wildman–Crippen LogP) is 3.64. The van der Waals surface area contributed by atoms with E-state index >= 15 is 0 Å². The lowest BCUT2D eigenvalue weighted by molar-refractivity contribution is 0.414. The molecule has 3 aromatic rings. The molecule has 0 spiro atoms. The summed E-state index contributed by atoms with van der Waals surface area (Å²) in [6.07, 6.45) is 4.90. The summed E-state index contributed by atoms with van der Waals surface area (Å²) in [7, 11) is 1.65. The molecule has 0 fully saturated rings. The van der Waals surface area contributed by atoms with Gasteiger partial charge in [-0.3, -0.25) is 9.36 Å². The summed E-state index contributed by atoms with van der Waals surface area (Å²) in [5.74, 6) is 1.50. The van der Waals surface area contributed by atoms with Crippen molar-refractivity contribution in [1.29, 1.82) is 0 Å². The van der Waals surface area contributed by atoms with Crippen LogP contribution in [0.4, 0.5) is 0 Å². The molecule has 2 aromatic heterocycles. The van der Waals surface area contributed by atoms with E-state index in [0.717, 1.165) is 40.8 Å². The van der Waals surface area contributed by atoms with Gasteiger partial charge in [0.2, 0.25) is 0 Å². The fourth-order valence-electron chi connectivity index (χ4n) is 3.45. The second-order valence-corrected chi connectivity index (χ2v) is 7.64. The van der Waals surface area contributed by atoms with Crippen molar-refractivity contribution in [3.05, 3.63) is 57.0 Å². The monoisotopic (exact) mass is 340 g/mol. The maximum absolute atomic E-state index is 13.0. The Morgan fingerprint density at radius 3 is 3.12 bits per heavy atom. The van der Waals surface area contributed by atoms with Gasteiger partial charge in [0.05, 0.1) is 25.4 Å². The maximum atomic E-state index is 13.0. The largest absolute Gasteiger partial charge is 0.497 e. The molecule has 0 radical (unpaired) electrons. The van der Waals surface area contributed by atoms with Crippen molar-refractivity contribution >= 4 is 21.6 Å². The first kappa shape index (κ1) is 15.4. The van der Waals surface area contributed by atoms with Gasteiger partial charge in [0.1, 0.15) is 10.6 Å². The number of benzene rings is 1. The van der Waals surface area contributed by atoms with Crippen LogP contribution in [0.5, 0.6) is 5.75 Å². The second kappa shape index (κ2) is 6.06. The number of aromatic nitrogens is 2. The van der Waals surface area contributed by atoms with Gasteiger partial charge in [-0.1, -0.05) is 19.1 Å². The number of ether oxygens (including phenoxy) is 1. The van der Waals surface area contributed by atoms with Gasteiger partial charge in [-0.2, -0.15) is 0 Å². The highest BCUT2D eigenvalue weighted by Crippen LogP contribution is 2.35. The summed E-state index contributed by atoms with van der Waals surface area (Å²) in [5.41, 5.74) is 2.36. The fraction of sp³-hybridized carbons (Fsp3) is 0.368. The molecule has 0 N–H and O–H groups in total. The predicted molar refractivity (Wildman–Crippen MR) is 97.2 cm³/mol. The minimum Gasteiger partial charge on any atom is -0.497 e. The average Bonchev–Trinajstić information content (AvgIpc) is 2.95. The van der Waals surface area contributed by atoms with Crippen molar-refractivity contribution in [2.24, 2.45) is 5.92 Å². The van der Waals surface area contributed by atoms with Crippen molar-refractivity contribution in [3.63, 3.8) is 0 Å². The van der Waals surface area contributed by atoms with Gasteiger partial charge in [-0.15, -0.1) is 11.3 Å². The molecule has 0 amide bonds. The van der Waals surface area contributed by atoms with Gasteiger partial charge in [0.25, 0.3) is 5.56 Å². The van der Waals surface area contributed by atoms with Crippen LogP contribution in [0.15, 0.2) is 35.4 Å². The summed E-state index contributed by atoms with van der Waals surface area (Å²) < 4.78 is 6.97. The quantitative estimate of drug-likeness (QED) is 0.731. The van der Waals surface area contributed by atoms with E-state index in [0.29, 0.717) is 12.5 Å². The first-order valence-electron chi connectivity index (χ1n) is 8.28. The highest BCUT2D eigenvalue weighted by molar-refractivity contribution is 7.18. The van der Waals surface area contributed by atoms with E-state index in [1.807, 2.05) is 24.3 Å². The minimum atomic E-state index is 0.0786. The molecule has 0 unspecified atom stereocenters. The van der Waals surface area contributed by atoms with Gasteiger partial charge < -0.3 is 4.74 Å². The standard InChI is InChI=1S/C19H20N2O2S/c1-12-6-7-15-16(8-12)24-18-17(15)19(22)21(11-20-18)10-13-4-3-5-14(9-13)23-2/h3-5,9,11-12H,6-8,10H2,1-2H3/t12-/m0/s1. The van der Waals surface area contributed by atoms with Crippen molar-refractivity contribution in [1.82, 2.24) is 9.55 Å². The second-order valence-electron chi connectivity index (χ2n) is 6.56. The SMILES string of the molecule is COc1cccc(Cn2cnc3sc4c(c3c2=O)CC[C@H](C)C4)c1. The molecule has 24 heavy (non-hydrogen) atoms. The summed E-state index contributed by atoms with van der Waals surface area (Å²) in [5, 5.41) is 0.840. The molecular weight excluding hydrogens is 320 g/mol. The number of hydrogen-bond acceptors (Lipinski definition) is 4. The van der Waals surface area contributed by atoms with Crippen LogP contribution in [0.1, 0.15) is 29.3 Å². The van der Waals surface area contributed by atoms with E-state index in [-0.39, 0.29) is 5.56 Å². The third-order valence-corrected chi connectivity index (χ3v) is 5.93. The molecule has 0 aliphatic heterocycles. The Labute approximate surface area is 144 Å². The summed E-state index contributed by atoms with van der Waals surface area (Å²) in [4.78, 5) is 19.8. The van der Waals surface area contributed by atoms with Crippen molar-refractivity contribution in [3.8, 4) is 5.75 Å². The molecule has 0 saturated carbocycles. The molecule has 1 aliphatic rings. The lowest BCUT2D eigenvalue weighted by Gasteiger charge is -2.17. The number of hydrogen-bond donors (Lipinski definition) is 0. The number of aryl methyl sites for hydroxylation is 1. The van der Waals surface area contributed by atoms with Crippen LogP contribution in [0, 0.1) is 5.92 Å². The first-order valence-corrected chi connectivity index (χ1v) is 9.10. The van der Waals surface area contributed by atoms with E-state index in [4.69, 9.17) is 4.74 Å². The van der Waals surface area contributed by atoms with Crippen molar-refractivity contribution in [2.45, 2.75) is 32.7 Å². The van der Waals surface area contributed by atoms with Crippen LogP contribution in [-0.4, -0.2) is 16.7 Å². The lowest BCUT2D eigenvalue weighted by atomic mass is 9.89. The van der Waals surface area contributed by atoms with Gasteiger partial charge in [-0.05, 0) is 48.4 Å². The van der Waals surface area contributed by atoms with Gasteiger partial charge in [0.15, 0.2) is 0 Å². The zero-order valence-corrected chi connectivity index (χ0v) is 14.7. The van der Waals surface area contributed by atoms with Crippen LogP contribution in [0.25, 0.3) is 10.2 Å². The number of rotatable bonds is 3. The molecule has 0 bridgehead atoms. The average molecular weight is 340 g/mol. The van der Waals surface area contributed by atoms with Crippen LogP contribution in [-0.2, 0) is 19.4 Å². The topological polar surface area (TPSA) is 44.1 Å². The number of nitrogens with zero attached hydrogens (tertiary/aromatic N) is 2. The molecule has 1 aromatic carbocycles. The van der Waals surface area contributed by atoms with Crippen molar-refractivity contribution in [2.75, 3.05) is 7.11 Å². The van der Waals surface area contributed by atoms with Crippen LogP contribution >= 0.6 is 11.3 Å². The van der Waals surface area contributed by atoms with Gasteiger partial charge in [0, 0.05) is 4.88 Å². The Hall–Kier alpha value is -2.14. The highest BCUT2D eigenvalue weighted by atomic mass is 32.1. The third kappa shape index (κ3) is 2.63. The molecule has 0 saturated heterocycles. The third-order valence-electron chi connectivity index (χ3n) is 4.77. The fourth-order valence-corrected chi connectivity index (χ4v) is 4.79. The molecule has 1 aliphatic carbocycles. The molecule has 2 heterocycles. The Bertz CT molecular complexity index is 958. The first-order chi connectivity index (χ1) is 11.7. The van der Waals surface area contributed by atoms with E-state index in [2.05, 4.69) is 11.9 Å². The Balaban J connectivity index is 1.77. The summed E-state index contributed by atoms with van der Waals surface area (Å²) >= 11 is 1.69. The molecule has 124 valence electrons. The Kier molecular flexibility index (Phi) is 3.88. The van der Waals surface area contributed by atoms with Crippen LogP contribution < -0.4 is 10.3 Å². The van der Waals surface area contributed by atoms with Crippen molar-refractivity contribution < 1.29 is 4.74 Å². The van der Waals surface area contributed by atoms with E-state index < -0.39 is 0 Å². The molecule has 4 nitrogen and oxygen atoms in total. The highest BCUT2D eigenvalue weighted by Gasteiger charge is 2.23. The normalized spacial score (nSPS) is 17.0.